The van der Waals surface area contributed by atoms with Gasteiger partial charge in [0.05, 0.1) is 0 Å². The zero-order valence-electron chi connectivity index (χ0n) is 22.9. The lowest BCUT2D eigenvalue weighted by molar-refractivity contribution is -0.130. The molecule has 0 aliphatic rings. The van der Waals surface area contributed by atoms with Crippen molar-refractivity contribution in [2.75, 3.05) is 0 Å². The van der Waals surface area contributed by atoms with Crippen LogP contribution in [0.4, 0.5) is 0 Å². The minimum Gasteiger partial charge on any atom is -0.423 e. The van der Waals surface area contributed by atoms with Crippen LogP contribution in [0.25, 0.3) is 22.3 Å². The van der Waals surface area contributed by atoms with Crippen LogP contribution in [-0.2, 0) is 14.4 Å². The van der Waals surface area contributed by atoms with Crippen molar-refractivity contribution in [2.45, 2.75) is 6.92 Å². The zero-order chi connectivity index (χ0) is 30.1. The van der Waals surface area contributed by atoms with Crippen LogP contribution < -0.4 is 14.2 Å². The maximum Gasteiger partial charge on any atom is 0.338 e. The number of hydrogen-bond acceptors (Lipinski definition) is 6. The summed E-state index contributed by atoms with van der Waals surface area (Å²) in [6.07, 6.45) is 2.20. The molecule has 0 fully saturated rings. The summed E-state index contributed by atoms with van der Waals surface area (Å²) in [5, 5.41) is 0. The van der Waals surface area contributed by atoms with Crippen molar-refractivity contribution in [2.24, 2.45) is 0 Å². The fourth-order valence-corrected chi connectivity index (χ4v) is 3.73. The van der Waals surface area contributed by atoms with Gasteiger partial charge in [-0.25, -0.2) is 14.4 Å². The molecule has 6 heteroatoms. The predicted octanol–water partition coefficient (Wildman–Crippen LogP) is 7.08. The molecule has 0 N–H and O–H groups in total. The van der Waals surface area contributed by atoms with Crippen LogP contribution in [0, 0.1) is 11.8 Å². The highest BCUT2D eigenvalue weighted by molar-refractivity contribution is 5.90. The summed E-state index contributed by atoms with van der Waals surface area (Å²) in [6, 6.07) is 27.0. The second kappa shape index (κ2) is 13.4. The van der Waals surface area contributed by atoms with Crippen molar-refractivity contribution < 1.29 is 28.6 Å². The fourth-order valence-electron chi connectivity index (χ4n) is 3.73. The van der Waals surface area contributed by atoms with Crippen LogP contribution in [-0.4, -0.2) is 17.9 Å². The van der Waals surface area contributed by atoms with E-state index in [1.165, 1.54) is 0 Å². The number of carbonyl (C=O) groups is 3. The maximum absolute atomic E-state index is 12.4. The molecule has 0 spiro atoms. The van der Waals surface area contributed by atoms with E-state index in [2.05, 4.69) is 31.6 Å². The summed E-state index contributed by atoms with van der Waals surface area (Å²) in [6.45, 7) is 12.0. The van der Waals surface area contributed by atoms with E-state index >= 15 is 0 Å². The molecule has 0 aliphatic carbocycles. The second-order valence-corrected chi connectivity index (χ2v) is 9.01. The summed E-state index contributed by atoms with van der Waals surface area (Å²) in [7, 11) is 0. The molecule has 0 amide bonds. The lowest BCUT2D eigenvalue weighted by atomic mass is 10.0. The number of rotatable bonds is 8. The van der Waals surface area contributed by atoms with Gasteiger partial charge >= 0.3 is 17.9 Å². The third-order valence-electron chi connectivity index (χ3n) is 5.89. The molecule has 4 rings (SSSR count). The largest absolute Gasteiger partial charge is 0.423 e. The van der Waals surface area contributed by atoms with E-state index in [9.17, 15) is 14.4 Å². The zero-order valence-corrected chi connectivity index (χ0v) is 22.9. The van der Waals surface area contributed by atoms with Crippen molar-refractivity contribution in [3.05, 3.63) is 140 Å². The van der Waals surface area contributed by atoms with E-state index < -0.39 is 17.9 Å². The van der Waals surface area contributed by atoms with E-state index in [1.54, 1.807) is 49.4 Å². The fraction of sp³-hybridized carbons (Fsp3) is 0.0278. The quantitative estimate of drug-likeness (QED) is 0.100. The maximum atomic E-state index is 12.4. The number of esters is 3. The Bertz CT molecular complexity index is 1730. The Balaban J connectivity index is 1.55. The smallest absolute Gasteiger partial charge is 0.338 e. The van der Waals surface area contributed by atoms with Crippen LogP contribution in [0.1, 0.15) is 18.1 Å². The summed E-state index contributed by atoms with van der Waals surface area (Å²) < 4.78 is 15.9. The lowest BCUT2D eigenvalue weighted by Gasteiger charge is -2.12. The summed E-state index contributed by atoms with van der Waals surface area (Å²) >= 11 is 0. The highest BCUT2D eigenvalue weighted by atomic mass is 16.5. The van der Waals surface area contributed by atoms with Gasteiger partial charge in [-0.15, -0.1) is 0 Å². The van der Waals surface area contributed by atoms with Gasteiger partial charge in [0.2, 0.25) is 0 Å². The first-order valence-electron chi connectivity index (χ1n) is 12.8. The molecule has 0 aromatic heterocycles. The minimum absolute atomic E-state index is 0.261. The van der Waals surface area contributed by atoms with Crippen molar-refractivity contribution in [1.29, 1.82) is 0 Å². The van der Waals surface area contributed by atoms with E-state index in [1.807, 2.05) is 48.5 Å². The van der Waals surface area contributed by atoms with Gasteiger partial charge in [-0.3, -0.25) is 0 Å². The van der Waals surface area contributed by atoms with Crippen molar-refractivity contribution in [3.63, 3.8) is 0 Å². The van der Waals surface area contributed by atoms with E-state index in [-0.39, 0.29) is 5.57 Å². The molecule has 0 atom stereocenters. The Kier molecular flexibility index (Phi) is 9.29. The number of carbonyl (C=O) groups excluding carboxylic acids is 3. The molecule has 0 saturated heterocycles. The Morgan fingerprint density at radius 1 is 0.619 bits per heavy atom. The number of ether oxygens (including phenoxy) is 3. The van der Waals surface area contributed by atoms with Crippen LogP contribution in [0.2, 0.25) is 0 Å². The molecule has 4 aromatic rings. The minimum atomic E-state index is -0.557. The molecule has 0 saturated carbocycles. The van der Waals surface area contributed by atoms with Crippen LogP contribution in [0.5, 0.6) is 17.2 Å². The average Bonchev–Trinajstić information content (AvgIpc) is 3.01. The third-order valence-corrected chi connectivity index (χ3v) is 5.89. The molecule has 0 unspecified atom stereocenters. The van der Waals surface area contributed by atoms with Gasteiger partial charge in [-0.2, -0.15) is 0 Å². The van der Waals surface area contributed by atoms with Crippen LogP contribution >= 0.6 is 0 Å². The Morgan fingerprint density at radius 3 is 1.57 bits per heavy atom. The molecule has 6 nitrogen and oxygen atoms in total. The SMILES string of the molecule is C=CC(=O)Oc1ccc(-c2ccc(C#Cc3ccc(-c4ccc(OC(=O)C=C)cc4)c(OC(=O)C(=C)C)c3)cc2)cc1. The van der Waals surface area contributed by atoms with E-state index in [0.717, 1.165) is 34.4 Å². The van der Waals surface area contributed by atoms with Gasteiger partial charge in [-0.05, 0) is 78.2 Å². The first-order valence-corrected chi connectivity index (χ1v) is 12.8. The molecule has 0 radical (unpaired) electrons. The first kappa shape index (κ1) is 29.1. The monoisotopic (exact) mass is 554 g/mol. The van der Waals surface area contributed by atoms with E-state index in [0.29, 0.717) is 28.4 Å². The molecule has 206 valence electrons. The van der Waals surface area contributed by atoms with Crippen LogP contribution in [0.3, 0.4) is 0 Å². The summed E-state index contributed by atoms with van der Waals surface area (Å²) in [5.74, 6) is 5.77. The molecular formula is C36H26O6. The Hall–Kier alpha value is -5.93. The van der Waals surface area contributed by atoms with Gasteiger partial charge in [0.15, 0.2) is 0 Å². The average molecular weight is 555 g/mol. The Morgan fingerprint density at radius 2 is 1.07 bits per heavy atom. The van der Waals surface area contributed by atoms with Gasteiger partial charge in [0, 0.05) is 34.4 Å². The lowest BCUT2D eigenvalue weighted by Crippen LogP contribution is -2.09. The molecule has 42 heavy (non-hydrogen) atoms. The van der Waals surface area contributed by atoms with Gasteiger partial charge in [0.25, 0.3) is 0 Å². The molecular weight excluding hydrogens is 528 g/mol. The summed E-state index contributed by atoms with van der Waals surface area (Å²) in [4.78, 5) is 35.2. The Labute approximate surface area is 244 Å². The topological polar surface area (TPSA) is 78.9 Å². The highest BCUT2D eigenvalue weighted by Gasteiger charge is 2.13. The molecule has 0 heterocycles. The number of hydrogen-bond donors (Lipinski definition) is 0. The van der Waals surface area contributed by atoms with Crippen molar-refractivity contribution >= 4 is 17.9 Å². The highest BCUT2D eigenvalue weighted by Crippen LogP contribution is 2.33. The summed E-state index contributed by atoms with van der Waals surface area (Å²) in [5.41, 5.74) is 5.05. The normalized spacial score (nSPS) is 9.93. The standard InChI is InChI=1S/C36H26O6/c1-5-34(37)40-30-18-14-28(15-19-30)27-12-9-25(10-13-27)7-8-26-11-22-32(33(23-26)42-36(39)24(3)4)29-16-20-31(21-17-29)41-35(38)6-2/h5-6,9-23H,1-3H2,4H3. The molecule has 0 aliphatic heterocycles. The van der Waals surface area contributed by atoms with Crippen molar-refractivity contribution in [1.82, 2.24) is 0 Å². The van der Waals surface area contributed by atoms with Gasteiger partial charge in [-0.1, -0.05) is 68.0 Å². The van der Waals surface area contributed by atoms with Crippen molar-refractivity contribution in [3.8, 4) is 51.3 Å². The van der Waals surface area contributed by atoms with E-state index in [4.69, 9.17) is 14.2 Å². The van der Waals surface area contributed by atoms with Crippen LogP contribution in [0.15, 0.2) is 128 Å². The molecule has 4 aromatic carbocycles. The molecule has 0 bridgehead atoms. The third kappa shape index (κ3) is 7.59. The number of benzene rings is 4. The van der Waals surface area contributed by atoms with Gasteiger partial charge in [0.1, 0.15) is 17.2 Å². The van der Waals surface area contributed by atoms with Gasteiger partial charge < -0.3 is 14.2 Å². The second-order valence-electron chi connectivity index (χ2n) is 9.01. The first-order chi connectivity index (χ1) is 20.2. The predicted molar refractivity (Wildman–Crippen MR) is 162 cm³/mol.